The van der Waals surface area contributed by atoms with Crippen molar-refractivity contribution >= 4 is 28.1 Å². The summed E-state index contributed by atoms with van der Waals surface area (Å²) in [6.45, 7) is 0. The molecular formula is C15H12N2OS. The van der Waals surface area contributed by atoms with Crippen LogP contribution in [0.2, 0.25) is 0 Å². The molecule has 1 aromatic heterocycles. The monoisotopic (exact) mass is 268 g/mol. The third-order valence-electron chi connectivity index (χ3n) is 3.19. The van der Waals surface area contributed by atoms with Crippen molar-refractivity contribution in [2.45, 2.75) is 0 Å². The molecule has 0 atom stereocenters. The minimum Gasteiger partial charge on any atom is -0.507 e. The highest BCUT2D eigenvalue weighted by atomic mass is 32.1. The van der Waals surface area contributed by atoms with Crippen LogP contribution in [-0.2, 0) is 0 Å². The fourth-order valence-electron chi connectivity index (χ4n) is 2.28. The van der Waals surface area contributed by atoms with Gasteiger partial charge in [-0.1, -0.05) is 36.5 Å². The summed E-state index contributed by atoms with van der Waals surface area (Å²) in [5, 5.41) is 11.4. The largest absolute Gasteiger partial charge is 0.507 e. The molecule has 3 nitrogen and oxygen atoms in total. The van der Waals surface area contributed by atoms with Crippen molar-refractivity contribution < 1.29 is 5.11 Å². The number of phenols is 1. The Morgan fingerprint density at radius 2 is 1.79 bits per heavy atom. The topological polar surface area (TPSA) is 62.0 Å². The number of rotatable bonds is 2. The van der Waals surface area contributed by atoms with Crippen molar-refractivity contribution in [1.82, 2.24) is 4.98 Å². The van der Waals surface area contributed by atoms with Gasteiger partial charge in [0.15, 0.2) is 0 Å². The van der Waals surface area contributed by atoms with Crippen LogP contribution in [0, 0.1) is 0 Å². The summed E-state index contributed by atoms with van der Waals surface area (Å²) in [5.41, 5.74) is 8.83. The SMILES string of the molecule is NC(=S)c1cccc(-c2cccc3[nH]ccc23)c1O. The minimum absolute atomic E-state index is 0.128. The maximum absolute atomic E-state index is 10.3. The lowest BCUT2D eigenvalue weighted by atomic mass is 9.98. The van der Waals surface area contributed by atoms with E-state index in [-0.39, 0.29) is 10.7 Å². The Morgan fingerprint density at radius 1 is 1.05 bits per heavy atom. The van der Waals surface area contributed by atoms with E-state index in [1.54, 1.807) is 6.07 Å². The molecule has 0 aliphatic rings. The van der Waals surface area contributed by atoms with Gasteiger partial charge in [-0.15, -0.1) is 0 Å². The number of nitrogens with two attached hydrogens (primary N) is 1. The third kappa shape index (κ3) is 1.86. The van der Waals surface area contributed by atoms with Crippen molar-refractivity contribution in [1.29, 1.82) is 0 Å². The second-order valence-electron chi connectivity index (χ2n) is 4.31. The van der Waals surface area contributed by atoms with Gasteiger partial charge >= 0.3 is 0 Å². The number of thiocarbonyl (C=S) groups is 1. The van der Waals surface area contributed by atoms with Crippen molar-refractivity contribution in [3.63, 3.8) is 0 Å². The van der Waals surface area contributed by atoms with Crippen LogP contribution in [0.1, 0.15) is 5.56 Å². The van der Waals surface area contributed by atoms with E-state index in [9.17, 15) is 5.11 Å². The van der Waals surface area contributed by atoms with E-state index >= 15 is 0 Å². The first-order valence-corrected chi connectivity index (χ1v) is 6.27. The fraction of sp³-hybridized carbons (Fsp3) is 0. The number of hydrogen-bond donors (Lipinski definition) is 3. The van der Waals surface area contributed by atoms with Gasteiger partial charge in [-0.05, 0) is 23.8 Å². The summed E-state index contributed by atoms with van der Waals surface area (Å²) in [4.78, 5) is 3.35. The van der Waals surface area contributed by atoms with Crippen LogP contribution in [0.3, 0.4) is 0 Å². The molecule has 0 radical (unpaired) electrons. The number of phenolic OH excluding ortho intramolecular Hbond substituents is 1. The maximum atomic E-state index is 10.3. The highest BCUT2D eigenvalue weighted by Crippen LogP contribution is 2.36. The summed E-state index contributed by atoms with van der Waals surface area (Å²) in [5.74, 6) is 0.128. The van der Waals surface area contributed by atoms with E-state index in [1.165, 1.54) is 0 Å². The Morgan fingerprint density at radius 3 is 2.58 bits per heavy atom. The Balaban J connectivity index is 2.30. The number of para-hydroxylation sites is 1. The normalized spacial score (nSPS) is 10.7. The Labute approximate surface area is 115 Å². The summed E-state index contributed by atoms with van der Waals surface area (Å²) in [6, 6.07) is 13.3. The zero-order valence-corrected chi connectivity index (χ0v) is 10.9. The number of aromatic amines is 1. The van der Waals surface area contributed by atoms with Gasteiger partial charge in [0.05, 0.1) is 5.56 Å². The minimum atomic E-state index is 0.128. The molecule has 0 saturated heterocycles. The molecule has 0 amide bonds. The number of fused-ring (bicyclic) bond motifs is 1. The first kappa shape index (κ1) is 11.7. The average Bonchev–Trinajstić information content (AvgIpc) is 2.87. The van der Waals surface area contributed by atoms with E-state index in [4.69, 9.17) is 18.0 Å². The van der Waals surface area contributed by atoms with E-state index in [1.807, 2.05) is 42.6 Å². The van der Waals surface area contributed by atoms with Gasteiger partial charge in [-0.25, -0.2) is 0 Å². The van der Waals surface area contributed by atoms with Crippen molar-refractivity contribution in [2.75, 3.05) is 0 Å². The fourth-order valence-corrected chi connectivity index (χ4v) is 2.44. The van der Waals surface area contributed by atoms with Crippen LogP contribution in [0.25, 0.3) is 22.0 Å². The van der Waals surface area contributed by atoms with Crippen LogP contribution < -0.4 is 5.73 Å². The van der Waals surface area contributed by atoms with Crippen LogP contribution in [0.5, 0.6) is 5.75 Å². The molecule has 0 saturated carbocycles. The molecule has 2 aromatic carbocycles. The van der Waals surface area contributed by atoms with E-state index in [0.717, 1.165) is 22.0 Å². The Hall–Kier alpha value is -2.33. The molecule has 3 aromatic rings. The molecule has 3 rings (SSSR count). The van der Waals surface area contributed by atoms with Gasteiger partial charge in [0, 0.05) is 22.7 Å². The lowest BCUT2D eigenvalue weighted by Gasteiger charge is -2.10. The summed E-state index contributed by atoms with van der Waals surface area (Å²) >= 11 is 4.95. The standard InChI is InChI=1S/C15H12N2OS/c16-15(19)12-5-1-4-11(14(12)18)9-3-2-6-13-10(9)7-8-17-13/h1-8,17-18H,(H2,16,19). The molecule has 19 heavy (non-hydrogen) atoms. The highest BCUT2D eigenvalue weighted by molar-refractivity contribution is 7.80. The average molecular weight is 268 g/mol. The van der Waals surface area contributed by atoms with Gasteiger partial charge < -0.3 is 15.8 Å². The molecule has 0 fully saturated rings. The van der Waals surface area contributed by atoms with Gasteiger partial charge in [0.25, 0.3) is 0 Å². The quantitative estimate of drug-likeness (QED) is 0.626. The molecule has 94 valence electrons. The molecule has 0 unspecified atom stereocenters. The first-order valence-electron chi connectivity index (χ1n) is 5.87. The van der Waals surface area contributed by atoms with E-state index in [2.05, 4.69) is 4.98 Å². The number of H-pyrrole nitrogens is 1. The van der Waals surface area contributed by atoms with Gasteiger partial charge in [0.2, 0.25) is 0 Å². The maximum Gasteiger partial charge on any atom is 0.133 e. The summed E-state index contributed by atoms with van der Waals surface area (Å²) in [7, 11) is 0. The Kier molecular flexibility index (Phi) is 2.72. The summed E-state index contributed by atoms with van der Waals surface area (Å²) in [6.07, 6.45) is 1.88. The zero-order valence-electron chi connectivity index (χ0n) is 10.1. The van der Waals surface area contributed by atoms with E-state index in [0.29, 0.717) is 5.56 Å². The smallest absolute Gasteiger partial charge is 0.133 e. The molecule has 0 aliphatic carbocycles. The number of aromatic nitrogens is 1. The second-order valence-corrected chi connectivity index (χ2v) is 4.75. The van der Waals surface area contributed by atoms with Crippen LogP contribution in [-0.4, -0.2) is 15.1 Å². The first-order chi connectivity index (χ1) is 9.18. The second kappa shape index (κ2) is 4.40. The Bertz CT molecular complexity index is 777. The van der Waals surface area contributed by atoms with Crippen LogP contribution >= 0.6 is 12.2 Å². The summed E-state index contributed by atoms with van der Waals surface area (Å²) < 4.78 is 0. The molecule has 4 heteroatoms. The molecule has 1 heterocycles. The van der Waals surface area contributed by atoms with Crippen LogP contribution in [0.15, 0.2) is 48.7 Å². The third-order valence-corrected chi connectivity index (χ3v) is 3.41. The molecule has 0 spiro atoms. The van der Waals surface area contributed by atoms with E-state index < -0.39 is 0 Å². The number of benzene rings is 2. The molecule has 0 bridgehead atoms. The van der Waals surface area contributed by atoms with Gasteiger partial charge in [0.1, 0.15) is 10.7 Å². The molecule has 0 aliphatic heterocycles. The van der Waals surface area contributed by atoms with Crippen molar-refractivity contribution in [2.24, 2.45) is 5.73 Å². The zero-order chi connectivity index (χ0) is 13.4. The predicted molar refractivity (Wildman–Crippen MR) is 81.3 cm³/mol. The van der Waals surface area contributed by atoms with Crippen LogP contribution in [0.4, 0.5) is 0 Å². The number of nitrogens with one attached hydrogen (secondary N) is 1. The van der Waals surface area contributed by atoms with Gasteiger partial charge in [-0.2, -0.15) is 0 Å². The molecular weight excluding hydrogens is 256 g/mol. The number of hydrogen-bond acceptors (Lipinski definition) is 2. The molecule has 4 N–H and O–H groups in total. The predicted octanol–water partition coefficient (Wildman–Crippen LogP) is 3.17. The number of aromatic hydroxyl groups is 1. The lowest BCUT2D eigenvalue weighted by molar-refractivity contribution is 0.476. The highest BCUT2D eigenvalue weighted by Gasteiger charge is 2.12. The lowest BCUT2D eigenvalue weighted by Crippen LogP contribution is -2.09. The van der Waals surface area contributed by atoms with Gasteiger partial charge in [-0.3, -0.25) is 0 Å². The van der Waals surface area contributed by atoms with Crippen molar-refractivity contribution in [3.05, 3.63) is 54.2 Å². The van der Waals surface area contributed by atoms with Crippen molar-refractivity contribution in [3.8, 4) is 16.9 Å².